The number of nitrogens with zero attached hydrogens (tertiary/aromatic N) is 4. The molecule has 1 aliphatic heterocycles. The quantitative estimate of drug-likeness (QED) is 0.582. The lowest BCUT2D eigenvalue weighted by Crippen LogP contribution is -2.63. The van der Waals surface area contributed by atoms with Crippen LogP contribution in [0.25, 0.3) is 0 Å². The minimum atomic E-state index is -0.525. The molecule has 9 heteroatoms. The predicted molar refractivity (Wildman–Crippen MR) is 109 cm³/mol. The van der Waals surface area contributed by atoms with Gasteiger partial charge in [0.1, 0.15) is 17.1 Å². The normalized spacial score (nSPS) is 15.6. The second kappa shape index (κ2) is 8.27. The van der Waals surface area contributed by atoms with Crippen LogP contribution in [0.1, 0.15) is 28.3 Å². The number of carbonyl (C=O) groups excluding carboxylic acids is 1. The summed E-state index contributed by atoms with van der Waals surface area (Å²) < 4.78 is 10.1. The van der Waals surface area contributed by atoms with Gasteiger partial charge in [0.15, 0.2) is 0 Å². The Labute approximate surface area is 174 Å². The van der Waals surface area contributed by atoms with Gasteiger partial charge >= 0.3 is 0 Å². The van der Waals surface area contributed by atoms with Crippen LogP contribution >= 0.6 is 0 Å². The second-order valence-corrected chi connectivity index (χ2v) is 7.98. The van der Waals surface area contributed by atoms with E-state index in [0.717, 1.165) is 22.7 Å². The molecule has 0 aliphatic carbocycles. The van der Waals surface area contributed by atoms with Gasteiger partial charge in [0.05, 0.1) is 24.8 Å². The van der Waals surface area contributed by atoms with Crippen LogP contribution in [0.15, 0.2) is 35.0 Å². The smallest absolute Gasteiger partial charge is 0.229 e. The number of carbonyl (C=O) groups is 1. The SMILES string of the molecule is COc1cccc(CC2(C(=O)NCc3nonc3C)CN(Cc3cc(C)[nH]n3)C2)c1. The van der Waals surface area contributed by atoms with E-state index in [2.05, 4.69) is 30.7 Å². The van der Waals surface area contributed by atoms with Gasteiger partial charge in [-0.2, -0.15) is 5.10 Å². The summed E-state index contributed by atoms with van der Waals surface area (Å²) in [6, 6.07) is 9.91. The molecule has 1 fully saturated rings. The van der Waals surface area contributed by atoms with Crippen LogP contribution in [0.5, 0.6) is 5.75 Å². The van der Waals surface area contributed by atoms with E-state index in [4.69, 9.17) is 9.37 Å². The Bertz CT molecular complexity index is 1020. The monoisotopic (exact) mass is 410 g/mol. The second-order valence-electron chi connectivity index (χ2n) is 7.98. The standard InChI is InChI=1S/C21H26N6O3/c1-14-7-17(24-23-14)11-27-12-21(13-27,9-16-5-4-6-18(8-16)29-3)20(28)22-10-19-15(2)25-30-26-19/h4-8H,9-13H2,1-3H3,(H,22,28)(H,23,24). The molecule has 3 heterocycles. The number of amides is 1. The first kappa shape index (κ1) is 20.1. The number of nitrogens with one attached hydrogen (secondary N) is 2. The third-order valence-electron chi connectivity index (χ3n) is 5.52. The van der Waals surface area contributed by atoms with E-state index >= 15 is 0 Å². The summed E-state index contributed by atoms with van der Waals surface area (Å²) in [6.45, 7) is 6.10. The van der Waals surface area contributed by atoms with E-state index in [1.807, 2.05) is 37.3 Å². The van der Waals surface area contributed by atoms with E-state index in [1.165, 1.54) is 0 Å². The van der Waals surface area contributed by atoms with Gasteiger partial charge in [-0.1, -0.05) is 22.4 Å². The molecule has 3 aromatic rings. The molecule has 9 nitrogen and oxygen atoms in total. The number of aromatic amines is 1. The highest BCUT2D eigenvalue weighted by Gasteiger charge is 2.49. The average Bonchev–Trinajstić information content (AvgIpc) is 3.31. The fourth-order valence-electron chi connectivity index (χ4n) is 3.98. The minimum absolute atomic E-state index is 0.00202. The van der Waals surface area contributed by atoms with Gasteiger partial charge in [-0.05, 0) is 44.0 Å². The van der Waals surface area contributed by atoms with Gasteiger partial charge < -0.3 is 10.1 Å². The number of aryl methyl sites for hydroxylation is 2. The van der Waals surface area contributed by atoms with Gasteiger partial charge in [0, 0.05) is 25.3 Å². The first-order valence-electron chi connectivity index (χ1n) is 9.90. The van der Waals surface area contributed by atoms with E-state index in [1.54, 1.807) is 14.0 Å². The van der Waals surface area contributed by atoms with Crippen molar-refractivity contribution >= 4 is 5.91 Å². The Morgan fingerprint density at radius 1 is 1.30 bits per heavy atom. The lowest BCUT2D eigenvalue weighted by Gasteiger charge is -2.49. The Morgan fingerprint density at radius 2 is 2.13 bits per heavy atom. The number of likely N-dealkylation sites (tertiary alicyclic amines) is 1. The maximum absolute atomic E-state index is 13.2. The highest BCUT2D eigenvalue weighted by molar-refractivity contribution is 5.84. The van der Waals surface area contributed by atoms with Crippen molar-refractivity contribution in [3.8, 4) is 5.75 Å². The third kappa shape index (κ3) is 4.20. The highest BCUT2D eigenvalue weighted by atomic mass is 16.6. The number of aromatic nitrogens is 4. The highest BCUT2D eigenvalue weighted by Crippen LogP contribution is 2.36. The summed E-state index contributed by atoms with van der Waals surface area (Å²) in [7, 11) is 1.65. The molecule has 4 rings (SSSR count). The van der Waals surface area contributed by atoms with Crippen LogP contribution in [0.3, 0.4) is 0 Å². The molecule has 1 aromatic carbocycles. The van der Waals surface area contributed by atoms with Crippen molar-refractivity contribution in [2.75, 3.05) is 20.2 Å². The van der Waals surface area contributed by atoms with Crippen LogP contribution in [-0.4, -0.2) is 51.5 Å². The van der Waals surface area contributed by atoms with Gasteiger partial charge in [0.25, 0.3) is 0 Å². The van der Waals surface area contributed by atoms with Crippen LogP contribution < -0.4 is 10.1 Å². The largest absolute Gasteiger partial charge is 0.497 e. The summed E-state index contributed by atoms with van der Waals surface area (Å²) in [5, 5.41) is 17.9. The molecular weight excluding hydrogens is 384 g/mol. The zero-order valence-electron chi connectivity index (χ0n) is 17.4. The number of methoxy groups -OCH3 is 1. The molecule has 1 saturated heterocycles. The Kier molecular flexibility index (Phi) is 5.54. The molecule has 0 radical (unpaired) electrons. The van der Waals surface area contributed by atoms with Crippen molar-refractivity contribution in [1.29, 1.82) is 0 Å². The van der Waals surface area contributed by atoms with Gasteiger partial charge in [-0.3, -0.25) is 14.8 Å². The number of ether oxygens (including phenoxy) is 1. The molecule has 30 heavy (non-hydrogen) atoms. The van der Waals surface area contributed by atoms with Gasteiger partial charge in [0.2, 0.25) is 5.91 Å². The third-order valence-corrected chi connectivity index (χ3v) is 5.52. The van der Waals surface area contributed by atoms with Crippen molar-refractivity contribution in [2.45, 2.75) is 33.4 Å². The average molecular weight is 410 g/mol. The van der Waals surface area contributed by atoms with Crippen LogP contribution in [0.2, 0.25) is 0 Å². The number of rotatable bonds is 8. The van der Waals surface area contributed by atoms with Crippen molar-refractivity contribution in [2.24, 2.45) is 5.41 Å². The summed E-state index contributed by atoms with van der Waals surface area (Å²) >= 11 is 0. The Hall–Kier alpha value is -3.20. The molecular formula is C21H26N6O3. The lowest BCUT2D eigenvalue weighted by atomic mass is 9.73. The molecule has 1 aliphatic rings. The zero-order chi connectivity index (χ0) is 21.1. The van der Waals surface area contributed by atoms with Gasteiger partial charge in [-0.25, -0.2) is 4.63 Å². The lowest BCUT2D eigenvalue weighted by molar-refractivity contribution is -0.142. The molecule has 0 atom stereocenters. The molecule has 0 bridgehead atoms. The van der Waals surface area contributed by atoms with Crippen molar-refractivity contribution in [3.63, 3.8) is 0 Å². The topological polar surface area (TPSA) is 109 Å². The molecule has 1 amide bonds. The molecule has 158 valence electrons. The molecule has 2 aromatic heterocycles. The zero-order valence-corrected chi connectivity index (χ0v) is 17.4. The fraction of sp³-hybridized carbons (Fsp3) is 0.429. The predicted octanol–water partition coefficient (Wildman–Crippen LogP) is 1.78. The maximum Gasteiger partial charge on any atom is 0.229 e. The summed E-state index contributed by atoms with van der Waals surface area (Å²) in [4.78, 5) is 15.5. The molecule has 0 spiro atoms. The van der Waals surface area contributed by atoms with Crippen molar-refractivity contribution in [1.82, 2.24) is 30.7 Å². The van der Waals surface area contributed by atoms with Gasteiger partial charge in [-0.15, -0.1) is 0 Å². The molecule has 0 saturated carbocycles. The first-order chi connectivity index (χ1) is 14.5. The van der Waals surface area contributed by atoms with E-state index < -0.39 is 5.41 Å². The summed E-state index contributed by atoms with van der Waals surface area (Å²) in [5.74, 6) is 0.790. The summed E-state index contributed by atoms with van der Waals surface area (Å²) in [5.41, 5.74) is 3.88. The van der Waals surface area contributed by atoms with Crippen LogP contribution in [0, 0.1) is 19.3 Å². The number of H-pyrrole nitrogens is 1. The number of hydrogen-bond donors (Lipinski definition) is 2. The maximum atomic E-state index is 13.2. The first-order valence-corrected chi connectivity index (χ1v) is 9.90. The Balaban J connectivity index is 1.47. The van der Waals surface area contributed by atoms with E-state index in [9.17, 15) is 4.79 Å². The van der Waals surface area contributed by atoms with Crippen LogP contribution in [0.4, 0.5) is 0 Å². The van der Waals surface area contributed by atoms with E-state index in [0.29, 0.717) is 44.0 Å². The van der Waals surface area contributed by atoms with E-state index in [-0.39, 0.29) is 5.91 Å². The van der Waals surface area contributed by atoms with Crippen LogP contribution in [-0.2, 0) is 24.3 Å². The summed E-state index contributed by atoms with van der Waals surface area (Å²) in [6.07, 6.45) is 0.627. The molecule has 0 unspecified atom stereocenters. The van der Waals surface area contributed by atoms with Crippen molar-refractivity contribution < 1.29 is 14.2 Å². The number of hydrogen-bond acceptors (Lipinski definition) is 7. The molecule has 2 N–H and O–H groups in total. The number of benzene rings is 1. The fourth-order valence-corrected chi connectivity index (χ4v) is 3.98. The Morgan fingerprint density at radius 3 is 2.80 bits per heavy atom. The minimum Gasteiger partial charge on any atom is -0.497 e. The van der Waals surface area contributed by atoms with Crippen molar-refractivity contribution in [3.05, 3.63) is 58.7 Å².